The molecule has 2 heteroatoms. The Morgan fingerprint density at radius 3 is 2.22 bits per heavy atom. The number of unbranched alkanes of at least 4 members (excludes halogenated alkanes) is 4. The molecule has 0 fully saturated rings. The van der Waals surface area contributed by atoms with Gasteiger partial charge in [-0.2, -0.15) is 0 Å². The van der Waals surface area contributed by atoms with Gasteiger partial charge in [-0.25, -0.2) is 0 Å². The maximum absolute atomic E-state index is 6.17. The van der Waals surface area contributed by atoms with Crippen LogP contribution in [0, 0.1) is 0 Å². The number of allylic oxidation sites excluding steroid dienone is 4. The Balaban J connectivity index is 2.08. The van der Waals surface area contributed by atoms with Crippen LogP contribution in [0.5, 0.6) is 5.75 Å². The molecular weight excluding hydrogens is 404 g/mol. The van der Waals surface area contributed by atoms with Gasteiger partial charge < -0.3 is 4.74 Å². The molecule has 0 bridgehead atoms. The lowest BCUT2D eigenvalue weighted by molar-refractivity contribution is 0.412. The van der Waals surface area contributed by atoms with Crippen LogP contribution in [0.15, 0.2) is 59.8 Å². The highest BCUT2D eigenvalue weighted by Crippen LogP contribution is 2.36. The van der Waals surface area contributed by atoms with E-state index in [1.807, 2.05) is 7.11 Å². The zero-order valence-corrected chi connectivity index (χ0v) is 22.0. The molecule has 0 heterocycles. The first-order valence-corrected chi connectivity index (χ1v) is 15.7. The highest BCUT2D eigenvalue weighted by Gasteiger charge is 2.35. The van der Waals surface area contributed by atoms with Gasteiger partial charge >= 0.3 is 0 Å². The molecule has 1 aliphatic carbocycles. The van der Waals surface area contributed by atoms with Crippen LogP contribution in [0.2, 0.25) is 13.1 Å². The van der Waals surface area contributed by atoms with Crippen molar-refractivity contribution < 1.29 is 4.74 Å². The van der Waals surface area contributed by atoms with Crippen LogP contribution in [0.4, 0.5) is 0 Å². The van der Waals surface area contributed by atoms with E-state index in [1.165, 1.54) is 78.1 Å². The van der Waals surface area contributed by atoms with Gasteiger partial charge in [0.2, 0.25) is 0 Å². The number of hydrogen-bond acceptors (Lipinski definition) is 1. The second kappa shape index (κ2) is 11.7. The molecular formula is C30H42OSi. The summed E-state index contributed by atoms with van der Waals surface area (Å²) in [5, 5.41) is 3.12. The molecule has 0 unspecified atom stereocenters. The maximum Gasteiger partial charge on any atom is 0.121 e. The summed E-state index contributed by atoms with van der Waals surface area (Å²) < 4.78 is 6.17. The van der Waals surface area contributed by atoms with Crippen molar-refractivity contribution in [3.05, 3.63) is 76.5 Å². The van der Waals surface area contributed by atoms with Crippen molar-refractivity contribution in [3.63, 3.8) is 0 Å². The second-order valence-corrected chi connectivity index (χ2v) is 14.1. The van der Waals surface area contributed by atoms with Gasteiger partial charge in [0.15, 0.2) is 0 Å². The van der Waals surface area contributed by atoms with Gasteiger partial charge in [-0.05, 0) is 59.6 Å². The highest BCUT2D eigenvalue weighted by molar-refractivity contribution is 6.97. The van der Waals surface area contributed by atoms with E-state index < -0.39 is 8.07 Å². The van der Waals surface area contributed by atoms with E-state index in [1.54, 1.807) is 5.20 Å². The number of rotatable bonds is 12. The lowest BCUT2D eigenvalue weighted by Gasteiger charge is -2.30. The van der Waals surface area contributed by atoms with Gasteiger partial charge in [0.25, 0.3) is 0 Å². The second-order valence-electron chi connectivity index (χ2n) is 9.74. The van der Waals surface area contributed by atoms with Crippen molar-refractivity contribution in [2.75, 3.05) is 7.11 Å². The SMILES string of the molecule is CCCCCc1cc(CCCCC)c(OC)c([Si](C)(C)C2=C(c3ccccc3)C=CC2)c1. The standard InChI is InChI=1S/C30H42OSi/c1-6-8-11-16-24-22-26(19-12-9-7-2)30(31-3)29(23-24)32(4,5)28-21-15-20-27(28)25-17-13-10-14-18-25/h10,13-15,17-18,20,22-23H,6-9,11-12,16,19,21H2,1-5H3. The molecule has 0 aliphatic heterocycles. The number of aryl methyl sites for hydroxylation is 2. The lowest BCUT2D eigenvalue weighted by Crippen LogP contribution is -2.45. The van der Waals surface area contributed by atoms with Gasteiger partial charge in [0.05, 0.1) is 7.11 Å². The molecule has 3 rings (SSSR count). The van der Waals surface area contributed by atoms with Crippen LogP contribution < -0.4 is 9.92 Å². The Labute approximate surface area is 197 Å². The van der Waals surface area contributed by atoms with Crippen LogP contribution in [-0.4, -0.2) is 15.2 Å². The molecule has 0 atom stereocenters. The minimum Gasteiger partial charge on any atom is -0.497 e. The van der Waals surface area contributed by atoms with Crippen LogP contribution >= 0.6 is 0 Å². The van der Waals surface area contributed by atoms with Crippen LogP contribution in [0.1, 0.15) is 75.5 Å². The van der Waals surface area contributed by atoms with E-state index in [-0.39, 0.29) is 0 Å². The number of hydrogen-bond donors (Lipinski definition) is 0. The molecule has 32 heavy (non-hydrogen) atoms. The Morgan fingerprint density at radius 1 is 0.875 bits per heavy atom. The zero-order chi connectivity index (χ0) is 23.0. The molecule has 2 aromatic rings. The molecule has 0 saturated carbocycles. The smallest absolute Gasteiger partial charge is 0.121 e. The van der Waals surface area contributed by atoms with Crippen molar-refractivity contribution in [3.8, 4) is 5.75 Å². The van der Waals surface area contributed by atoms with E-state index in [0.717, 1.165) is 12.8 Å². The van der Waals surface area contributed by atoms with E-state index >= 15 is 0 Å². The normalized spacial score (nSPS) is 13.8. The van der Waals surface area contributed by atoms with Crippen molar-refractivity contribution in [2.24, 2.45) is 0 Å². The van der Waals surface area contributed by atoms with Gasteiger partial charge in [-0.15, -0.1) is 0 Å². The first kappa shape index (κ1) is 24.6. The van der Waals surface area contributed by atoms with Gasteiger partial charge in [-0.1, -0.05) is 112 Å². The fourth-order valence-electron chi connectivity index (χ4n) is 5.08. The zero-order valence-electron chi connectivity index (χ0n) is 21.0. The molecule has 0 saturated heterocycles. The van der Waals surface area contributed by atoms with Crippen molar-refractivity contribution in [1.82, 2.24) is 0 Å². The summed E-state index contributed by atoms with van der Waals surface area (Å²) in [5.74, 6) is 1.17. The Hall–Kier alpha value is -2.06. The van der Waals surface area contributed by atoms with Crippen LogP contribution in [0.25, 0.3) is 5.57 Å². The van der Waals surface area contributed by atoms with Gasteiger partial charge in [0.1, 0.15) is 13.8 Å². The third kappa shape index (κ3) is 5.64. The summed E-state index contributed by atoms with van der Waals surface area (Å²) in [7, 11) is -0.0457. The minimum atomic E-state index is -1.92. The first-order chi connectivity index (χ1) is 15.5. The Bertz CT molecular complexity index is 937. The summed E-state index contributed by atoms with van der Waals surface area (Å²) in [5.41, 5.74) is 5.72. The summed E-state index contributed by atoms with van der Waals surface area (Å²) in [6.45, 7) is 9.63. The van der Waals surface area contributed by atoms with E-state index in [2.05, 4.69) is 81.6 Å². The summed E-state index contributed by atoms with van der Waals surface area (Å²) in [6.07, 6.45) is 15.7. The summed E-state index contributed by atoms with van der Waals surface area (Å²) in [4.78, 5) is 0. The van der Waals surface area contributed by atoms with Crippen LogP contribution in [-0.2, 0) is 12.8 Å². The number of benzene rings is 2. The molecule has 0 spiro atoms. The summed E-state index contributed by atoms with van der Waals surface area (Å²) in [6, 6.07) is 15.9. The minimum absolute atomic E-state index is 1.07. The number of ether oxygens (including phenoxy) is 1. The first-order valence-electron chi connectivity index (χ1n) is 12.7. The predicted molar refractivity (Wildman–Crippen MR) is 144 cm³/mol. The van der Waals surface area contributed by atoms with Gasteiger partial charge in [-0.3, -0.25) is 0 Å². The van der Waals surface area contributed by atoms with Gasteiger partial charge in [0, 0.05) is 0 Å². The van der Waals surface area contributed by atoms with Crippen molar-refractivity contribution in [2.45, 2.75) is 84.7 Å². The van der Waals surface area contributed by atoms with E-state index in [9.17, 15) is 0 Å². The average molecular weight is 447 g/mol. The van der Waals surface area contributed by atoms with Crippen molar-refractivity contribution >= 4 is 18.8 Å². The molecule has 0 radical (unpaired) electrons. The van der Waals surface area contributed by atoms with E-state index in [0.29, 0.717) is 0 Å². The Morgan fingerprint density at radius 2 is 1.56 bits per heavy atom. The Kier molecular flexibility index (Phi) is 8.99. The molecule has 0 N–H and O–H groups in total. The highest BCUT2D eigenvalue weighted by atomic mass is 28.3. The monoisotopic (exact) mass is 446 g/mol. The van der Waals surface area contributed by atoms with E-state index in [4.69, 9.17) is 4.74 Å². The van der Waals surface area contributed by atoms with Crippen LogP contribution in [0.3, 0.4) is 0 Å². The fourth-order valence-corrected chi connectivity index (χ4v) is 8.31. The number of methoxy groups -OCH3 is 1. The maximum atomic E-state index is 6.17. The third-order valence-corrected chi connectivity index (χ3v) is 10.7. The quantitative estimate of drug-likeness (QED) is 0.237. The molecule has 2 aromatic carbocycles. The molecule has 0 amide bonds. The third-order valence-electron chi connectivity index (χ3n) is 6.99. The predicted octanol–water partition coefficient (Wildman–Crippen LogP) is 8.03. The molecule has 0 aromatic heterocycles. The molecule has 1 aliphatic rings. The lowest BCUT2D eigenvalue weighted by atomic mass is 10.00. The average Bonchev–Trinajstić information content (AvgIpc) is 3.31. The molecule has 1 nitrogen and oxygen atoms in total. The molecule has 172 valence electrons. The largest absolute Gasteiger partial charge is 0.497 e. The van der Waals surface area contributed by atoms with Crippen molar-refractivity contribution in [1.29, 1.82) is 0 Å². The topological polar surface area (TPSA) is 9.23 Å². The summed E-state index contributed by atoms with van der Waals surface area (Å²) >= 11 is 0. The fraction of sp³-hybridized carbons (Fsp3) is 0.467.